The lowest BCUT2D eigenvalue weighted by Crippen LogP contribution is -2.10. The maximum atomic E-state index is 12.8. The molecule has 0 atom stereocenters. The lowest BCUT2D eigenvalue weighted by molar-refractivity contribution is 0.103. The Hall–Kier alpha value is -2.15. The van der Waals surface area contributed by atoms with Gasteiger partial charge in [0.1, 0.15) is 0 Å². The monoisotopic (exact) mass is 304 g/mol. The fourth-order valence-corrected chi connectivity index (χ4v) is 3.13. The third-order valence-corrected chi connectivity index (χ3v) is 4.56. The summed E-state index contributed by atoms with van der Waals surface area (Å²) in [6.07, 6.45) is 4.95. The van der Waals surface area contributed by atoms with Crippen LogP contribution >= 0.6 is 0 Å². The molecule has 1 nitrogen and oxygen atoms in total. The first-order valence-electron chi connectivity index (χ1n) is 8.39. The molecule has 1 heteroatoms. The Morgan fingerprint density at radius 1 is 0.913 bits per heavy atom. The molecule has 0 amide bonds. The number of fused-ring (bicyclic) bond motifs is 1. The molecule has 1 aliphatic rings. The van der Waals surface area contributed by atoms with Crippen LogP contribution in [-0.2, 0) is 11.8 Å². The van der Waals surface area contributed by atoms with Crippen molar-refractivity contribution in [2.45, 2.75) is 45.4 Å². The molecule has 0 saturated carbocycles. The van der Waals surface area contributed by atoms with Crippen molar-refractivity contribution in [2.75, 3.05) is 0 Å². The van der Waals surface area contributed by atoms with Crippen LogP contribution in [0.4, 0.5) is 0 Å². The summed E-state index contributed by atoms with van der Waals surface area (Å²) in [6, 6.07) is 16.6. The van der Waals surface area contributed by atoms with Crippen LogP contribution in [0.1, 0.15) is 60.7 Å². The summed E-state index contributed by atoms with van der Waals surface area (Å²) in [4.78, 5) is 12.8. The summed E-state index contributed by atoms with van der Waals surface area (Å²) in [7, 11) is 0. The average molecular weight is 304 g/mol. The zero-order valence-electron chi connectivity index (χ0n) is 14.2. The van der Waals surface area contributed by atoms with E-state index in [9.17, 15) is 4.79 Å². The maximum absolute atomic E-state index is 12.8. The van der Waals surface area contributed by atoms with Crippen LogP contribution in [0.3, 0.4) is 0 Å². The van der Waals surface area contributed by atoms with Crippen LogP contribution in [0.25, 0.3) is 6.08 Å². The van der Waals surface area contributed by atoms with Gasteiger partial charge in [0.25, 0.3) is 0 Å². The molecule has 3 rings (SSSR count). The minimum absolute atomic E-state index is 0.156. The zero-order valence-corrected chi connectivity index (χ0v) is 14.2. The molecule has 0 heterocycles. The molecule has 0 saturated heterocycles. The molecule has 0 fully saturated rings. The Morgan fingerprint density at radius 2 is 1.61 bits per heavy atom. The van der Waals surface area contributed by atoms with E-state index in [2.05, 4.69) is 57.2 Å². The predicted octanol–water partition coefficient (Wildman–Crippen LogP) is 5.59. The number of rotatable bonds is 1. The number of hydrogen-bond acceptors (Lipinski definition) is 1. The largest absolute Gasteiger partial charge is 0.289 e. The number of Topliss-reactive ketones (excluding diaryl/α,β-unsaturated/α-hetero) is 1. The van der Waals surface area contributed by atoms with E-state index in [1.807, 2.05) is 18.2 Å². The van der Waals surface area contributed by atoms with Crippen molar-refractivity contribution in [3.8, 4) is 0 Å². The highest BCUT2D eigenvalue weighted by Crippen LogP contribution is 2.27. The summed E-state index contributed by atoms with van der Waals surface area (Å²) in [6.45, 7) is 6.64. The Bertz CT molecular complexity index is 742. The second-order valence-electron chi connectivity index (χ2n) is 7.38. The summed E-state index contributed by atoms with van der Waals surface area (Å²) >= 11 is 0. The average Bonchev–Trinajstić information content (AvgIpc) is 2.67. The number of carbonyl (C=O) groups excluding carboxylic acids is 1. The van der Waals surface area contributed by atoms with E-state index in [0.29, 0.717) is 0 Å². The smallest absolute Gasteiger partial charge is 0.189 e. The van der Waals surface area contributed by atoms with E-state index >= 15 is 0 Å². The highest BCUT2D eigenvalue weighted by molar-refractivity contribution is 6.12. The Kier molecular flexibility index (Phi) is 4.21. The summed E-state index contributed by atoms with van der Waals surface area (Å²) < 4.78 is 0. The summed E-state index contributed by atoms with van der Waals surface area (Å²) in [5.41, 5.74) is 5.57. The van der Waals surface area contributed by atoms with Crippen LogP contribution in [0.15, 0.2) is 54.1 Å². The van der Waals surface area contributed by atoms with Crippen molar-refractivity contribution in [3.05, 3.63) is 76.4 Å². The first-order chi connectivity index (χ1) is 10.9. The van der Waals surface area contributed by atoms with Crippen molar-refractivity contribution < 1.29 is 4.79 Å². The number of hydrogen-bond donors (Lipinski definition) is 0. The van der Waals surface area contributed by atoms with Gasteiger partial charge in [0.05, 0.1) is 0 Å². The van der Waals surface area contributed by atoms with Gasteiger partial charge in [-0.2, -0.15) is 0 Å². The van der Waals surface area contributed by atoms with Gasteiger partial charge >= 0.3 is 0 Å². The first kappa shape index (κ1) is 15.7. The van der Waals surface area contributed by atoms with Crippen molar-refractivity contribution in [3.63, 3.8) is 0 Å². The molecule has 23 heavy (non-hydrogen) atoms. The topological polar surface area (TPSA) is 17.1 Å². The molecule has 0 spiro atoms. The maximum Gasteiger partial charge on any atom is 0.189 e. The van der Waals surface area contributed by atoms with Gasteiger partial charge in [-0.25, -0.2) is 0 Å². The van der Waals surface area contributed by atoms with Gasteiger partial charge in [-0.15, -0.1) is 0 Å². The predicted molar refractivity (Wildman–Crippen MR) is 96.8 cm³/mol. The third-order valence-electron chi connectivity index (χ3n) is 4.56. The van der Waals surface area contributed by atoms with Crippen molar-refractivity contribution in [1.82, 2.24) is 0 Å². The molecule has 2 aromatic carbocycles. The molecule has 0 aromatic heterocycles. The Morgan fingerprint density at radius 3 is 2.30 bits per heavy atom. The molecule has 0 radical (unpaired) electrons. The normalized spacial score (nSPS) is 17.0. The van der Waals surface area contributed by atoms with Gasteiger partial charge in [0, 0.05) is 11.1 Å². The van der Waals surface area contributed by atoms with Crippen LogP contribution in [-0.4, -0.2) is 5.78 Å². The highest BCUT2D eigenvalue weighted by atomic mass is 16.1. The van der Waals surface area contributed by atoms with Crippen molar-refractivity contribution in [1.29, 1.82) is 0 Å². The number of benzene rings is 2. The molecule has 0 bridgehead atoms. The van der Waals surface area contributed by atoms with E-state index in [-0.39, 0.29) is 11.2 Å². The summed E-state index contributed by atoms with van der Waals surface area (Å²) in [5, 5.41) is 0. The van der Waals surface area contributed by atoms with Crippen LogP contribution < -0.4 is 0 Å². The lowest BCUT2D eigenvalue weighted by atomic mass is 9.86. The van der Waals surface area contributed by atoms with Gasteiger partial charge in [-0.1, -0.05) is 69.3 Å². The molecular weight excluding hydrogens is 280 g/mol. The molecule has 118 valence electrons. The molecule has 2 aromatic rings. The fraction of sp³-hybridized carbons (Fsp3) is 0.318. The highest BCUT2D eigenvalue weighted by Gasteiger charge is 2.19. The van der Waals surface area contributed by atoms with Crippen LogP contribution in [0.5, 0.6) is 0 Å². The second kappa shape index (κ2) is 6.16. The minimum atomic E-state index is 0.156. The SMILES string of the molecule is CC(C)(C)c1ccc(/C=C2\CCCc3ccccc3C2=O)cc1. The number of ketones is 1. The quantitative estimate of drug-likeness (QED) is 0.496. The molecule has 0 N–H and O–H groups in total. The lowest BCUT2D eigenvalue weighted by Gasteiger charge is -2.18. The second-order valence-corrected chi connectivity index (χ2v) is 7.38. The minimum Gasteiger partial charge on any atom is -0.289 e. The van der Waals surface area contributed by atoms with Crippen molar-refractivity contribution >= 4 is 11.9 Å². The standard InChI is InChI=1S/C22H24O/c1-22(2,3)19-13-11-16(12-14-19)15-18-9-6-8-17-7-4-5-10-20(17)21(18)23/h4-5,7,10-15H,6,8-9H2,1-3H3/b18-15+. The molecule has 0 unspecified atom stereocenters. The van der Waals surface area contributed by atoms with Gasteiger partial charge in [-0.3, -0.25) is 4.79 Å². The molecular formula is C22H24O. The van der Waals surface area contributed by atoms with E-state index in [0.717, 1.165) is 36.0 Å². The molecule has 1 aliphatic carbocycles. The van der Waals surface area contributed by atoms with Gasteiger partial charge < -0.3 is 0 Å². The van der Waals surface area contributed by atoms with Gasteiger partial charge in [-0.05, 0) is 47.4 Å². The van der Waals surface area contributed by atoms with E-state index in [1.165, 1.54) is 11.1 Å². The van der Waals surface area contributed by atoms with Gasteiger partial charge in [0.15, 0.2) is 5.78 Å². The number of carbonyl (C=O) groups is 1. The van der Waals surface area contributed by atoms with E-state index < -0.39 is 0 Å². The molecule has 0 aliphatic heterocycles. The van der Waals surface area contributed by atoms with Gasteiger partial charge in [0.2, 0.25) is 0 Å². The number of allylic oxidation sites excluding steroid dienone is 1. The zero-order chi connectivity index (χ0) is 16.4. The van der Waals surface area contributed by atoms with Crippen LogP contribution in [0, 0.1) is 0 Å². The van der Waals surface area contributed by atoms with Crippen molar-refractivity contribution in [2.24, 2.45) is 0 Å². The first-order valence-corrected chi connectivity index (χ1v) is 8.39. The number of aryl methyl sites for hydroxylation is 1. The van der Waals surface area contributed by atoms with E-state index in [4.69, 9.17) is 0 Å². The summed E-state index contributed by atoms with van der Waals surface area (Å²) in [5.74, 6) is 0.193. The Labute approximate surface area is 139 Å². The third kappa shape index (κ3) is 3.44. The Balaban J connectivity index is 1.92. The van der Waals surface area contributed by atoms with E-state index in [1.54, 1.807) is 0 Å². The fourth-order valence-electron chi connectivity index (χ4n) is 3.13. The van der Waals surface area contributed by atoms with Crippen LogP contribution in [0.2, 0.25) is 0 Å².